The number of nitrogens with zero attached hydrogens (tertiary/aromatic N) is 2. The van der Waals surface area contributed by atoms with Crippen LogP contribution in [0, 0.1) is 0 Å². The van der Waals surface area contributed by atoms with Crippen LogP contribution in [0.2, 0.25) is 5.02 Å². The Kier molecular flexibility index (Phi) is 4.92. The van der Waals surface area contributed by atoms with Crippen molar-refractivity contribution in [1.82, 2.24) is 14.8 Å². The van der Waals surface area contributed by atoms with E-state index in [1.165, 1.54) is 16.3 Å². The molecule has 2 aromatic rings. The van der Waals surface area contributed by atoms with Gasteiger partial charge < -0.3 is 11.1 Å². The number of nitrogens with two attached hydrogens (primary N) is 1. The van der Waals surface area contributed by atoms with Crippen LogP contribution in [0.4, 0.5) is 11.4 Å². The summed E-state index contributed by atoms with van der Waals surface area (Å²) in [5.41, 5.74) is 6.36. The number of carbonyl (C=O) groups excluding carboxylic acids is 1. The summed E-state index contributed by atoms with van der Waals surface area (Å²) in [6.45, 7) is 0. The second-order valence-electron chi connectivity index (χ2n) is 4.26. The molecule has 0 fully saturated rings. The fourth-order valence-electron chi connectivity index (χ4n) is 1.54. The molecular weight excluding hydrogens is 314 g/mol. The maximum Gasteiger partial charge on any atom is 0.343 e. The van der Waals surface area contributed by atoms with E-state index >= 15 is 0 Å². The standard InChI is InChI=1S/C12H14ClN5O2S/c1-18-11(20)16-17-12(18)21-5-4-10(19)15-9-3-2-7(14)6-8(9)13/h2-3,6H,4-5,14H2,1H3,(H,15,19)(H,16,20). The molecule has 112 valence electrons. The molecule has 9 heteroatoms. The number of aromatic nitrogens is 3. The smallest absolute Gasteiger partial charge is 0.343 e. The van der Waals surface area contributed by atoms with Crippen LogP contribution in [0.25, 0.3) is 0 Å². The van der Waals surface area contributed by atoms with E-state index in [1.54, 1.807) is 25.2 Å². The van der Waals surface area contributed by atoms with E-state index in [-0.39, 0.29) is 18.0 Å². The lowest BCUT2D eigenvalue weighted by Gasteiger charge is -2.07. The van der Waals surface area contributed by atoms with Gasteiger partial charge in [0, 0.05) is 24.9 Å². The van der Waals surface area contributed by atoms with Gasteiger partial charge in [-0.1, -0.05) is 23.4 Å². The monoisotopic (exact) mass is 327 g/mol. The Bertz CT molecular complexity index is 712. The van der Waals surface area contributed by atoms with Crippen molar-refractivity contribution in [2.75, 3.05) is 16.8 Å². The number of hydrogen-bond donors (Lipinski definition) is 3. The summed E-state index contributed by atoms with van der Waals surface area (Å²) in [6.07, 6.45) is 0.270. The Balaban J connectivity index is 1.85. The maximum absolute atomic E-state index is 11.8. The van der Waals surface area contributed by atoms with E-state index in [2.05, 4.69) is 15.5 Å². The summed E-state index contributed by atoms with van der Waals surface area (Å²) < 4.78 is 1.39. The van der Waals surface area contributed by atoms with Gasteiger partial charge in [0.25, 0.3) is 0 Å². The van der Waals surface area contributed by atoms with Crippen LogP contribution in [0.15, 0.2) is 28.2 Å². The number of hydrogen-bond acceptors (Lipinski definition) is 5. The average Bonchev–Trinajstić information content (AvgIpc) is 2.74. The van der Waals surface area contributed by atoms with Gasteiger partial charge in [-0.2, -0.15) is 0 Å². The lowest BCUT2D eigenvalue weighted by atomic mass is 10.3. The molecule has 0 bridgehead atoms. The van der Waals surface area contributed by atoms with Gasteiger partial charge in [-0.25, -0.2) is 9.89 Å². The zero-order chi connectivity index (χ0) is 15.4. The molecule has 1 aromatic heterocycles. The molecule has 0 aliphatic carbocycles. The highest BCUT2D eigenvalue weighted by Gasteiger charge is 2.09. The Hall–Kier alpha value is -1.93. The van der Waals surface area contributed by atoms with Crippen LogP contribution >= 0.6 is 23.4 Å². The molecule has 0 radical (unpaired) electrons. The second kappa shape index (κ2) is 6.68. The number of benzene rings is 1. The summed E-state index contributed by atoms with van der Waals surface area (Å²) in [7, 11) is 1.61. The molecule has 0 saturated heterocycles. The number of nitrogens with one attached hydrogen (secondary N) is 2. The molecule has 0 aliphatic rings. The summed E-state index contributed by atoms with van der Waals surface area (Å²) in [5.74, 6) is 0.325. The fraction of sp³-hybridized carbons (Fsp3) is 0.250. The van der Waals surface area contributed by atoms with Crippen molar-refractivity contribution in [1.29, 1.82) is 0 Å². The third-order valence-electron chi connectivity index (χ3n) is 2.67. The molecular formula is C12H14ClN5O2S. The molecule has 0 aliphatic heterocycles. The highest BCUT2D eigenvalue weighted by Crippen LogP contribution is 2.24. The van der Waals surface area contributed by atoms with Crippen molar-refractivity contribution in [2.45, 2.75) is 11.6 Å². The normalized spacial score (nSPS) is 10.6. The Labute approximate surface area is 129 Å². The molecule has 2 rings (SSSR count). The molecule has 0 saturated carbocycles. The van der Waals surface area contributed by atoms with Crippen LogP contribution in [-0.4, -0.2) is 26.4 Å². The number of halogens is 1. The topological polar surface area (TPSA) is 106 Å². The molecule has 1 amide bonds. The quantitative estimate of drug-likeness (QED) is 0.569. The van der Waals surface area contributed by atoms with Crippen molar-refractivity contribution in [2.24, 2.45) is 7.05 Å². The predicted molar refractivity (Wildman–Crippen MR) is 83.7 cm³/mol. The number of thioether (sulfide) groups is 1. The third kappa shape index (κ3) is 4.02. The molecule has 1 aromatic carbocycles. The first-order valence-electron chi connectivity index (χ1n) is 6.06. The van der Waals surface area contributed by atoms with E-state index in [0.717, 1.165) is 0 Å². The van der Waals surface area contributed by atoms with Gasteiger partial charge in [0.15, 0.2) is 5.16 Å². The maximum atomic E-state index is 11.8. The van der Waals surface area contributed by atoms with Crippen LogP contribution in [0.5, 0.6) is 0 Å². The molecule has 4 N–H and O–H groups in total. The van der Waals surface area contributed by atoms with Crippen molar-refractivity contribution < 1.29 is 4.79 Å². The summed E-state index contributed by atoms with van der Waals surface area (Å²) in [4.78, 5) is 23.0. The van der Waals surface area contributed by atoms with Crippen LogP contribution in [-0.2, 0) is 11.8 Å². The van der Waals surface area contributed by atoms with E-state index < -0.39 is 0 Å². The Morgan fingerprint density at radius 1 is 1.57 bits per heavy atom. The zero-order valence-electron chi connectivity index (χ0n) is 11.2. The van der Waals surface area contributed by atoms with E-state index in [0.29, 0.717) is 27.3 Å². The SMILES string of the molecule is Cn1c(SCCC(=O)Nc2ccc(N)cc2Cl)n[nH]c1=O. The second-order valence-corrected chi connectivity index (χ2v) is 5.73. The minimum Gasteiger partial charge on any atom is -0.399 e. The number of rotatable bonds is 5. The first-order chi connectivity index (χ1) is 9.97. The molecule has 1 heterocycles. The fourth-order valence-corrected chi connectivity index (χ4v) is 2.64. The number of carbonyl (C=O) groups is 1. The molecule has 0 unspecified atom stereocenters. The van der Waals surface area contributed by atoms with Crippen LogP contribution in [0.1, 0.15) is 6.42 Å². The largest absolute Gasteiger partial charge is 0.399 e. The number of H-pyrrole nitrogens is 1. The first kappa shape index (κ1) is 15.5. The van der Waals surface area contributed by atoms with Crippen molar-refractivity contribution in [3.8, 4) is 0 Å². The van der Waals surface area contributed by atoms with Gasteiger partial charge >= 0.3 is 5.69 Å². The van der Waals surface area contributed by atoms with Crippen LogP contribution in [0.3, 0.4) is 0 Å². The first-order valence-corrected chi connectivity index (χ1v) is 7.43. The molecule has 0 atom stereocenters. The lowest BCUT2D eigenvalue weighted by Crippen LogP contribution is -2.14. The Morgan fingerprint density at radius 2 is 2.33 bits per heavy atom. The zero-order valence-corrected chi connectivity index (χ0v) is 12.8. The molecule has 7 nitrogen and oxygen atoms in total. The van der Waals surface area contributed by atoms with E-state index in [9.17, 15) is 9.59 Å². The Morgan fingerprint density at radius 3 is 2.95 bits per heavy atom. The van der Waals surface area contributed by atoms with Gasteiger partial charge in [-0.05, 0) is 18.2 Å². The van der Waals surface area contributed by atoms with E-state index in [4.69, 9.17) is 17.3 Å². The van der Waals surface area contributed by atoms with Crippen molar-refractivity contribution >= 4 is 40.6 Å². The summed E-state index contributed by atoms with van der Waals surface area (Å²) in [5, 5.41) is 9.82. The van der Waals surface area contributed by atoms with Crippen molar-refractivity contribution in [3.05, 3.63) is 33.7 Å². The third-order valence-corrected chi connectivity index (χ3v) is 4.01. The van der Waals surface area contributed by atoms with Gasteiger partial charge in [0.05, 0.1) is 10.7 Å². The van der Waals surface area contributed by atoms with Gasteiger partial charge in [-0.15, -0.1) is 5.10 Å². The van der Waals surface area contributed by atoms with Crippen molar-refractivity contribution in [3.63, 3.8) is 0 Å². The minimum atomic E-state index is -0.282. The molecule has 0 spiro atoms. The summed E-state index contributed by atoms with van der Waals surface area (Å²) >= 11 is 7.30. The van der Waals surface area contributed by atoms with E-state index in [1.807, 2.05) is 0 Å². The predicted octanol–water partition coefficient (Wildman–Crippen LogP) is 1.46. The van der Waals surface area contributed by atoms with Gasteiger partial charge in [0.2, 0.25) is 5.91 Å². The summed E-state index contributed by atoms with van der Waals surface area (Å²) in [6, 6.07) is 4.89. The molecule has 21 heavy (non-hydrogen) atoms. The highest BCUT2D eigenvalue weighted by molar-refractivity contribution is 7.99. The minimum absolute atomic E-state index is 0.172. The lowest BCUT2D eigenvalue weighted by molar-refractivity contribution is -0.115. The van der Waals surface area contributed by atoms with Crippen LogP contribution < -0.4 is 16.7 Å². The number of aromatic amines is 1. The number of amides is 1. The number of anilines is 2. The highest BCUT2D eigenvalue weighted by atomic mass is 35.5. The van der Waals surface area contributed by atoms with Gasteiger partial charge in [0.1, 0.15) is 0 Å². The van der Waals surface area contributed by atoms with Gasteiger partial charge in [-0.3, -0.25) is 9.36 Å². The number of nitrogen functional groups attached to an aromatic ring is 1. The average molecular weight is 328 g/mol.